The summed E-state index contributed by atoms with van der Waals surface area (Å²) in [7, 11) is 0. The molecule has 1 unspecified atom stereocenters. The number of alkyl halides is 3. The molecule has 2 atom stereocenters. The Morgan fingerprint density at radius 2 is 2.00 bits per heavy atom. The van der Waals surface area contributed by atoms with E-state index < -0.39 is 5.92 Å². The van der Waals surface area contributed by atoms with Crippen molar-refractivity contribution in [2.75, 3.05) is 24.6 Å². The highest BCUT2D eigenvalue weighted by Gasteiger charge is 2.35. The molecule has 162 valence electrons. The predicted molar refractivity (Wildman–Crippen MR) is 113 cm³/mol. The molecule has 2 fully saturated rings. The van der Waals surface area contributed by atoms with Gasteiger partial charge in [0.1, 0.15) is 11.3 Å². The molecule has 1 aromatic carbocycles. The normalized spacial score (nSPS) is 24.3. The first kappa shape index (κ1) is 21.2. The molecule has 1 aromatic heterocycles. The Hall–Kier alpha value is -1.99. The standard InChI is InChI=1S/C22H26ClF2N3O2/c23-19-10-15(13-29)12-28(19)20-5-4-16-17(2-1-3-18(16)27-20)21(30)26-11-14-6-8-22(24,25)9-7-14/h1-5,14-15,19,29H,6-13H2,(H,26,30)/t15-,19?/m0/s1. The van der Waals surface area contributed by atoms with Gasteiger partial charge in [0.15, 0.2) is 0 Å². The van der Waals surface area contributed by atoms with Gasteiger partial charge in [-0.05, 0) is 49.4 Å². The molecule has 2 N–H and O–H groups in total. The zero-order chi connectivity index (χ0) is 21.3. The van der Waals surface area contributed by atoms with Crippen LogP contribution in [0, 0.1) is 11.8 Å². The number of anilines is 1. The fraction of sp³-hybridized carbons (Fsp3) is 0.545. The average molecular weight is 438 g/mol. The monoisotopic (exact) mass is 437 g/mol. The number of rotatable bonds is 5. The van der Waals surface area contributed by atoms with Crippen LogP contribution in [0.5, 0.6) is 0 Å². The fourth-order valence-electron chi connectivity index (χ4n) is 4.38. The van der Waals surface area contributed by atoms with Gasteiger partial charge in [-0.25, -0.2) is 13.8 Å². The van der Waals surface area contributed by atoms with Crippen molar-refractivity contribution in [3.63, 3.8) is 0 Å². The van der Waals surface area contributed by atoms with Gasteiger partial charge in [0, 0.05) is 49.4 Å². The second-order valence-electron chi connectivity index (χ2n) is 8.42. The molecule has 0 radical (unpaired) electrons. The highest BCUT2D eigenvalue weighted by molar-refractivity contribution is 6.22. The van der Waals surface area contributed by atoms with Crippen LogP contribution in [-0.2, 0) is 0 Å². The van der Waals surface area contributed by atoms with Gasteiger partial charge in [0.2, 0.25) is 5.92 Å². The summed E-state index contributed by atoms with van der Waals surface area (Å²) in [6.45, 7) is 1.14. The fourth-order valence-corrected chi connectivity index (χ4v) is 4.81. The number of nitrogens with one attached hydrogen (secondary N) is 1. The number of aromatic nitrogens is 1. The number of benzene rings is 1. The molecule has 1 aliphatic carbocycles. The third kappa shape index (κ3) is 4.52. The van der Waals surface area contributed by atoms with Crippen molar-refractivity contribution in [1.29, 1.82) is 0 Å². The van der Waals surface area contributed by atoms with Crippen molar-refractivity contribution >= 4 is 34.2 Å². The van der Waals surface area contributed by atoms with Crippen LogP contribution >= 0.6 is 11.6 Å². The van der Waals surface area contributed by atoms with E-state index in [1.165, 1.54) is 0 Å². The van der Waals surface area contributed by atoms with Crippen LogP contribution in [0.3, 0.4) is 0 Å². The minimum Gasteiger partial charge on any atom is -0.396 e. The lowest BCUT2D eigenvalue weighted by atomic mass is 9.87. The summed E-state index contributed by atoms with van der Waals surface area (Å²) in [5.74, 6) is -1.84. The zero-order valence-electron chi connectivity index (χ0n) is 16.7. The molecule has 5 nitrogen and oxygen atoms in total. The Bertz CT molecular complexity index is 916. The summed E-state index contributed by atoms with van der Waals surface area (Å²) in [6.07, 6.45) is 1.34. The Kier molecular flexibility index (Phi) is 6.11. The number of nitrogens with zero attached hydrogens (tertiary/aromatic N) is 2. The summed E-state index contributed by atoms with van der Waals surface area (Å²) >= 11 is 6.42. The first-order chi connectivity index (χ1) is 14.4. The number of pyridine rings is 1. The number of carbonyl (C=O) groups is 1. The van der Waals surface area contributed by atoms with Crippen LogP contribution in [0.1, 0.15) is 42.5 Å². The molecule has 2 heterocycles. The largest absolute Gasteiger partial charge is 0.396 e. The van der Waals surface area contributed by atoms with Crippen molar-refractivity contribution in [3.05, 3.63) is 35.9 Å². The van der Waals surface area contributed by atoms with E-state index in [0.29, 0.717) is 43.4 Å². The van der Waals surface area contributed by atoms with Gasteiger partial charge in [-0.3, -0.25) is 4.79 Å². The predicted octanol–water partition coefficient (Wildman–Crippen LogP) is 4.17. The van der Waals surface area contributed by atoms with Gasteiger partial charge < -0.3 is 15.3 Å². The Morgan fingerprint density at radius 3 is 2.70 bits per heavy atom. The number of carbonyl (C=O) groups excluding carboxylic acids is 1. The molecule has 0 spiro atoms. The van der Waals surface area contributed by atoms with E-state index >= 15 is 0 Å². The second-order valence-corrected chi connectivity index (χ2v) is 8.93. The number of fused-ring (bicyclic) bond motifs is 1. The first-order valence-electron chi connectivity index (χ1n) is 10.4. The molecule has 1 aliphatic heterocycles. The lowest BCUT2D eigenvalue weighted by Crippen LogP contribution is -2.34. The van der Waals surface area contributed by atoms with Gasteiger partial charge >= 0.3 is 0 Å². The van der Waals surface area contributed by atoms with E-state index in [2.05, 4.69) is 10.3 Å². The zero-order valence-corrected chi connectivity index (χ0v) is 17.4. The maximum atomic E-state index is 13.3. The van der Waals surface area contributed by atoms with Crippen molar-refractivity contribution in [2.45, 2.75) is 43.5 Å². The van der Waals surface area contributed by atoms with Crippen LogP contribution in [-0.4, -0.2) is 47.1 Å². The number of halogens is 3. The van der Waals surface area contributed by atoms with E-state index in [-0.39, 0.29) is 42.7 Å². The minimum absolute atomic E-state index is 0.0866. The quantitative estimate of drug-likeness (QED) is 0.544. The maximum absolute atomic E-state index is 13.3. The van der Waals surface area contributed by atoms with Crippen molar-refractivity contribution < 1.29 is 18.7 Å². The number of aliphatic hydroxyl groups excluding tert-OH is 1. The van der Waals surface area contributed by atoms with Crippen molar-refractivity contribution in [1.82, 2.24) is 10.3 Å². The summed E-state index contributed by atoms with van der Waals surface area (Å²) in [6, 6.07) is 9.09. The van der Waals surface area contributed by atoms with Crippen molar-refractivity contribution in [3.8, 4) is 0 Å². The van der Waals surface area contributed by atoms with Crippen LogP contribution < -0.4 is 10.2 Å². The van der Waals surface area contributed by atoms with Gasteiger partial charge in [-0.15, -0.1) is 0 Å². The van der Waals surface area contributed by atoms with Gasteiger partial charge in [0.05, 0.1) is 5.52 Å². The maximum Gasteiger partial charge on any atom is 0.251 e. The number of amides is 1. The lowest BCUT2D eigenvalue weighted by molar-refractivity contribution is -0.0452. The molecule has 1 saturated carbocycles. The number of hydrogen-bond acceptors (Lipinski definition) is 4. The molecule has 1 amide bonds. The number of hydrogen-bond donors (Lipinski definition) is 2. The molecule has 1 saturated heterocycles. The molecular weight excluding hydrogens is 412 g/mol. The smallest absolute Gasteiger partial charge is 0.251 e. The highest BCUT2D eigenvalue weighted by Crippen LogP contribution is 2.36. The first-order valence-corrected chi connectivity index (χ1v) is 10.9. The van der Waals surface area contributed by atoms with E-state index in [9.17, 15) is 18.7 Å². The molecule has 8 heteroatoms. The molecule has 30 heavy (non-hydrogen) atoms. The number of aliphatic hydroxyl groups is 1. The van der Waals surface area contributed by atoms with E-state index in [0.717, 1.165) is 11.2 Å². The van der Waals surface area contributed by atoms with Crippen LogP contribution in [0.25, 0.3) is 10.9 Å². The minimum atomic E-state index is -2.56. The molecule has 2 aromatic rings. The van der Waals surface area contributed by atoms with E-state index in [1.807, 2.05) is 23.1 Å². The third-order valence-corrected chi connectivity index (χ3v) is 6.64. The summed E-state index contributed by atoms with van der Waals surface area (Å²) in [4.78, 5) is 19.4. The van der Waals surface area contributed by atoms with E-state index in [1.54, 1.807) is 12.1 Å². The molecule has 4 rings (SSSR count). The van der Waals surface area contributed by atoms with Crippen molar-refractivity contribution in [2.24, 2.45) is 11.8 Å². The van der Waals surface area contributed by atoms with Crippen LogP contribution in [0.15, 0.2) is 30.3 Å². The lowest BCUT2D eigenvalue weighted by Gasteiger charge is -2.28. The molecular formula is C22H26ClF2N3O2. The molecule has 0 bridgehead atoms. The summed E-state index contributed by atoms with van der Waals surface area (Å²) in [5, 5.41) is 13.0. The summed E-state index contributed by atoms with van der Waals surface area (Å²) < 4.78 is 26.6. The highest BCUT2D eigenvalue weighted by atomic mass is 35.5. The van der Waals surface area contributed by atoms with Crippen LogP contribution in [0.2, 0.25) is 0 Å². The van der Waals surface area contributed by atoms with Gasteiger partial charge in [0.25, 0.3) is 5.91 Å². The second kappa shape index (κ2) is 8.63. The van der Waals surface area contributed by atoms with Gasteiger partial charge in [-0.1, -0.05) is 17.7 Å². The topological polar surface area (TPSA) is 65.5 Å². The SMILES string of the molecule is O=C(NCC1CCC(F)(F)CC1)c1cccc2nc(N3C[C@@H](CO)CC3Cl)ccc12. The van der Waals surface area contributed by atoms with Crippen LogP contribution in [0.4, 0.5) is 14.6 Å². The molecule has 2 aliphatic rings. The third-order valence-electron chi connectivity index (χ3n) is 6.22. The van der Waals surface area contributed by atoms with Gasteiger partial charge in [-0.2, -0.15) is 0 Å². The van der Waals surface area contributed by atoms with E-state index in [4.69, 9.17) is 11.6 Å². The average Bonchev–Trinajstić information content (AvgIpc) is 3.12. The summed E-state index contributed by atoms with van der Waals surface area (Å²) in [5.41, 5.74) is 0.986. The Labute approximate surface area is 179 Å². The Balaban J connectivity index is 1.46. The Morgan fingerprint density at radius 1 is 1.23 bits per heavy atom.